The summed E-state index contributed by atoms with van der Waals surface area (Å²) in [6.45, 7) is 2.59. The molecule has 0 bridgehead atoms. The summed E-state index contributed by atoms with van der Waals surface area (Å²) in [6.07, 6.45) is 1.78. The van der Waals surface area contributed by atoms with Gasteiger partial charge in [0.1, 0.15) is 18.1 Å². The second kappa shape index (κ2) is 9.00. The Morgan fingerprint density at radius 3 is 2.70 bits per heavy atom. The second-order valence-electron chi connectivity index (χ2n) is 7.29. The third kappa shape index (κ3) is 4.63. The fraction of sp³-hybridized carbons (Fsp3) is 0.304. The maximum absolute atomic E-state index is 12.9. The molecule has 1 saturated heterocycles. The number of amides is 2. The van der Waals surface area contributed by atoms with Crippen molar-refractivity contribution in [2.24, 2.45) is 0 Å². The van der Waals surface area contributed by atoms with E-state index in [0.29, 0.717) is 29.4 Å². The van der Waals surface area contributed by atoms with Crippen molar-refractivity contribution in [1.82, 2.24) is 10.6 Å². The molecule has 0 aromatic heterocycles. The van der Waals surface area contributed by atoms with Crippen molar-refractivity contribution in [2.45, 2.75) is 31.9 Å². The highest BCUT2D eigenvalue weighted by atomic mass is 16.6. The number of nitrogens with one attached hydrogen (secondary N) is 2. The van der Waals surface area contributed by atoms with Crippen LogP contribution in [0, 0.1) is 0 Å². The lowest BCUT2D eigenvalue weighted by Crippen LogP contribution is -2.45. The summed E-state index contributed by atoms with van der Waals surface area (Å²) in [5, 5.41) is 5.48. The standard InChI is InChI=1S/C23H24N2O5/c1-15-20(22(26)29-14-19-11-6-12-28-19)21(25-23(27)24-15)16-7-5-10-18(13-16)30-17-8-3-2-4-9-17/h2-5,7-10,13,19,21H,6,11-12,14H2,1H3,(H2,24,25,27)/t19-,21+/m1/s1. The summed E-state index contributed by atoms with van der Waals surface area (Å²) in [7, 11) is 0. The normalized spacial score (nSPS) is 21.0. The van der Waals surface area contributed by atoms with E-state index in [-0.39, 0.29) is 18.7 Å². The molecule has 0 unspecified atom stereocenters. The van der Waals surface area contributed by atoms with E-state index in [4.69, 9.17) is 14.2 Å². The highest BCUT2D eigenvalue weighted by molar-refractivity contribution is 5.95. The fourth-order valence-electron chi connectivity index (χ4n) is 3.62. The summed E-state index contributed by atoms with van der Waals surface area (Å²) in [5.41, 5.74) is 1.56. The van der Waals surface area contributed by atoms with Gasteiger partial charge in [0.05, 0.1) is 17.7 Å². The number of benzene rings is 2. The zero-order valence-corrected chi connectivity index (χ0v) is 16.7. The van der Waals surface area contributed by atoms with E-state index >= 15 is 0 Å². The summed E-state index contributed by atoms with van der Waals surface area (Å²) < 4.78 is 16.9. The van der Waals surface area contributed by atoms with Crippen LogP contribution in [0.3, 0.4) is 0 Å². The Labute approximate surface area is 175 Å². The molecular weight excluding hydrogens is 384 g/mol. The van der Waals surface area contributed by atoms with Gasteiger partial charge in [0.25, 0.3) is 0 Å². The van der Waals surface area contributed by atoms with Crippen LogP contribution < -0.4 is 15.4 Å². The van der Waals surface area contributed by atoms with Gasteiger partial charge in [0, 0.05) is 12.3 Å². The van der Waals surface area contributed by atoms with Gasteiger partial charge < -0.3 is 24.8 Å². The van der Waals surface area contributed by atoms with Crippen LogP contribution in [-0.2, 0) is 14.3 Å². The van der Waals surface area contributed by atoms with Crippen molar-refractivity contribution < 1.29 is 23.8 Å². The van der Waals surface area contributed by atoms with Gasteiger partial charge in [0.2, 0.25) is 0 Å². The Morgan fingerprint density at radius 2 is 1.93 bits per heavy atom. The van der Waals surface area contributed by atoms with Crippen LogP contribution in [-0.4, -0.2) is 31.3 Å². The maximum atomic E-state index is 12.9. The first-order chi connectivity index (χ1) is 14.6. The van der Waals surface area contributed by atoms with Gasteiger partial charge in [-0.1, -0.05) is 30.3 Å². The number of urea groups is 1. The van der Waals surface area contributed by atoms with Crippen LogP contribution in [0.25, 0.3) is 0 Å². The smallest absolute Gasteiger partial charge is 0.338 e. The number of carbonyl (C=O) groups excluding carboxylic acids is 2. The molecule has 2 atom stereocenters. The molecule has 0 aliphatic carbocycles. The third-order valence-electron chi connectivity index (χ3n) is 5.08. The third-order valence-corrected chi connectivity index (χ3v) is 5.08. The molecule has 2 heterocycles. The van der Waals surface area contributed by atoms with Crippen molar-refractivity contribution in [2.75, 3.05) is 13.2 Å². The van der Waals surface area contributed by atoms with Crippen molar-refractivity contribution in [3.63, 3.8) is 0 Å². The number of hydrogen-bond donors (Lipinski definition) is 2. The van der Waals surface area contributed by atoms with Gasteiger partial charge in [-0.25, -0.2) is 9.59 Å². The number of rotatable bonds is 6. The lowest BCUT2D eigenvalue weighted by Gasteiger charge is -2.28. The molecule has 2 aliphatic heterocycles. The maximum Gasteiger partial charge on any atom is 0.338 e. The van der Waals surface area contributed by atoms with E-state index in [0.717, 1.165) is 18.4 Å². The zero-order valence-electron chi connectivity index (χ0n) is 16.7. The van der Waals surface area contributed by atoms with Gasteiger partial charge in [-0.2, -0.15) is 0 Å². The Bertz CT molecular complexity index is 951. The minimum atomic E-state index is -0.643. The molecule has 7 nitrogen and oxygen atoms in total. The van der Waals surface area contributed by atoms with Gasteiger partial charge in [-0.15, -0.1) is 0 Å². The number of allylic oxidation sites excluding steroid dienone is 1. The van der Waals surface area contributed by atoms with Crippen LogP contribution >= 0.6 is 0 Å². The molecule has 7 heteroatoms. The number of esters is 1. The van der Waals surface area contributed by atoms with E-state index in [1.54, 1.807) is 6.92 Å². The number of hydrogen-bond acceptors (Lipinski definition) is 5. The lowest BCUT2D eigenvalue weighted by atomic mass is 9.95. The molecule has 2 N–H and O–H groups in total. The van der Waals surface area contributed by atoms with E-state index in [9.17, 15) is 9.59 Å². The van der Waals surface area contributed by atoms with Crippen LogP contribution in [0.4, 0.5) is 4.79 Å². The number of para-hydroxylation sites is 1. The first-order valence-corrected chi connectivity index (χ1v) is 10.00. The van der Waals surface area contributed by atoms with E-state index in [2.05, 4.69) is 10.6 Å². The van der Waals surface area contributed by atoms with E-state index in [1.807, 2.05) is 54.6 Å². The molecule has 0 radical (unpaired) electrons. The molecule has 2 amide bonds. The monoisotopic (exact) mass is 408 g/mol. The highest BCUT2D eigenvalue weighted by Crippen LogP contribution is 2.31. The van der Waals surface area contributed by atoms with Gasteiger partial charge in [0.15, 0.2) is 0 Å². The molecule has 2 aliphatic rings. The molecular formula is C23H24N2O5. The molecule has 4 rings (SSSR count). The van der Waals surface area contributed by atoms with E-state index < -0.39 is 12.0 Å². The number of carbonyl (C=O) groups is 2. The van der Waals surface area contributed by atoms with Crippen LogP contribution in [0.1, 0.15) is 31.4 Å². The average molecular weight is 408 g/mol. The van der Waals surface area contributed by atoms with Crippen LogP contribution in [0.5, 0.6) is 11.5 Å². The molecule has 0 spiro atoms. The fourth-order valence-corrected chi connectivity index (χ4v) is 3.62. The lowest BCUT2D eigenvalue weighted by molar-refractivity contribution is -0.142. The van der Waals surface area contributed by atoms with Gasteiger partial charge in [-0.05, 0) is 49.6 Å². The Kier molecular flexibility index (Phi) is 5.99. The minimum Gasteiger partial charge on any atom is -0.459 e. The molecule has 2 aromatic rings. The first kappa shape index (κ1) is 20.0. The summed E-state index contributed by atoms with van der Waals surface area (Å²) in [4.78, 5) is 25.0. The molecule has 2 aromatic carbocycles. The average Bonchev–Trinajstić information content (AvgIpc) is 3.26. The Morgan fingerprint density at radius 1 is 1.13 bits per heavy atom. The van der Waals surface area contributed by atoms with Crippen molar-refractivity contribution in [1.29, 1.82) is 0 Å². The van der Waals surface area contributed by atoms with Gasteiger partial charge in [-0.3, -0.25) is 0 Å². The predicted octanol–water partition coefficient (Wildman–Crippen LogP) is 3.83. The summed E-state index contributed by atoms with van der Waals surface area (Å²) in [5.74, 6) is 0.831. The molecule has 156 valence electrons. The van der Waals surface area contributed by atoms with Gasteiger partial charge >= 0.3 is 12.0 Å². The quantitative estimate of drug-likeness (QED) is 0.710. The predicted molar refractivity (Wildman–Crippen MR) is 110 cm³/mol. The van der Waals surface area contributed by atoms with Crippen LogP contribution in [0.15, 0.2) is 65.9 Å². The topological polar surface area (TPSA) is 85.9 Å². The summed E-state index contributed by atoms with van der Waals surface area (Å²) in [6, 6.07) is 15.7. The van der Waals surface area contributed by atoms with Crippen LogP contribution in [0.2, 0.25) is 0 Å². The second-order valence-corrected chi connectivity index (χ2v) is 7.29. The van der Waals surface area contributed by atoms with Crippen molar-refractivity contribution in [3.8, 4) is 11.5 Å². The molecule has 30 heavy (non-hydrogen) atoms. The Hall–Kier alpha value is -3.32. The summed E-state index contributed by atoms with van der Waals surface area (Å²) >= 11 is 0. The Balaban J connectivity index is 1.55. The number of ether oxygens (including phenoxy) is 3. The molecule has 0 saturated carbocycles. The van der Waals surface area contributed by atoms with Crippen molar-refractivity contribution in [3.05, 3.63) is 71.4 Å². The first-order valence-electron chi connectivity index (χ1n) is 10.00. The molecule has 1 fully saturated rings. The highest BCUT2D eigenvalue weighted by Gasteiger charge is 2.33. The SMILES string of the molecule is CC1=C(C(=O)OC[C@H]2CCCO2)[C@H](c2cccc(Oc3ccccc3)c2)NC(=O)N1. The zero-order chi connectivity index (χ0) is 20.9. The minimum absolute atomic E-state index is 0.0675. The van der Waals surface area contributed by atoms with Crippen molar-refractivity contribution >= 4 is 12.0 Å². The largest absolute Gasteiger partial charge is 0.459 e. The van der Waals surface area contributed by atoms with E-state index in [1.165, 1.54) is 0 Å².